The Balaban J connectivity index is 1.36. The van der Waals surface area contributed by atoms with Crippen molar-refractivity contribution >= 4 is 23.3 Å². The van der Waals surface area contributed by atoms with E-state index in [1.807, 2.05) is 86.6 Å². The lowest BCUT2D eigenvalue weighted by molar-refractivity contribution is 0.0934. The molecule has 0 bridgehead atoms. The Morgan fingerprint density at radius 1 is 0.818 bits per heavy atom. The lowest BCUT2D eigenvalue weighted by atomic mass is 10.1. The predicted molar refractivity (Wildman–Crippen MR) is 130 cm³/mol. The molecule has 3 aromatic carbocycles. The number of nitrogens with zero attached hydrogens (tertiary/aromatic N) is 2. The van der Waals surface area contributed by atoms with Gasteiger partial charge in [0.15, 0.2) is 5.69 Å². The summed E-state index contributed by atoms with van der Waals surface area (Å²) in [5.41, 5.74) is 4.43. The number of aromatic nitrogens is 2. The van der Waals surface area contributed by atoms with Crippen molar-refractivity contribution in [3.8, 4) is 5.69 Å². The van der Waals surface area contributed by atoms with Crippen LogP contribution in [0.4, 0.5) is 16.2 Å². The number of para-hydroxylation sites is 2. The van der Waals surface area contributed by atoms with Gasteiger partial charge in [0.25, 0.3) is 5.91 Å². The minimum Gasteiger partial charge on any atom is -0.344 e. The van der Waals surface area contributed by atoms with Crippen LogP contribution in [0.2, 0.25) is 0 Å². The maximum Gasteiger partial charge on any atom is 0.323 e. The molecule has 3 N–H and O–H groups in total. The Labute approximate surface area is 192 Å². The van der Waals surface area contributed by atoms with E-state index in [2.05, 4.69) is 21.0 Å². The van der Waals surface area contributed by atoms with E-state index >= 15 is 0 Å². The highest BCUT2D eigenvalue weighted by molar-refractivity contribution is 5.99. The quantitative estimate of drug-likeness (QED) is 0.380. The van der Waals surface area contributed by atoms with E-state index in [4.69, 9.17) is 0 Å². The van der Waals surface area contributed by atoms with Gasteiger partial charge in [-0.1, -0.05) is 48.5 Å². The monoisotopic (exact) mass is 439 g/mol. The Morgan fingerprint density at radius 3 is 2.03 bits per heavy atom. The molecule has 0 aliphatic heterocycles. The van der Waals surface area contributed by atoms with Crippen molar-refractivity contribution in [3.63, 3.8) is 0 Å². The largest absolute Gasteiger partial charge is 0.344 e. The molecule has 0 saturated carbocycles. The fraction of sp³-hybridized carbons (Fsp3) is 0.115. The maximum absolute atomic E-state index is 12.8. The van der Waals surface area contributed by atoms with Crippen LogP contribution in [0.25, 0.3) is 5.69 Å². The first-order valence-corrected chi connectivity index (χ1v) is 10.7. The van der Waals surface area contributed by atoms with Crippen LogP contribution in [0.3, 0.4) is 0 Å². The van der Waals surface area contributed by atoms with Gasteiger partial charge in [-0.3, -0.25) is 4.79 Å². The van der Waals surface area contributed by atoms with Crippen LogP contribution in [0.15, 0.2) is 91.0 Å². The van der Waals surface area contributed by atoms with Gasteiger partial charge in [-0.05, 0) is 61.9 Å². The molecule has 0 fully saturated rings. The van der Waals surface area contributed by atoms with Crippen LogP contribution in [-0.4, -0.2) is 21.7 Å². The van der Waals surface area contributed by atoms with Crippen LogP contribution in [0, 0.1) is 6.92 Å². The number of hydrogen-bond donors (Lipinski definition) is 3. The van der Waals surface area contributed by atoms with Crippen molar-refractivity contribution in [2.24, 2.45) is 0 Å². The highest BCUT2D eigenvalue weighted by Gasteiger charge is 2.16. The predicted octanol–water partition coefficient (Wildman–Crippen LogP) is 5.32. The van der Waals surface area contributed by atoms with E-state index in [0.717, 1.165) is 16.9 Å². The summed E-state index contributed by atoms with van der Waals surface area (Å²) in [4.78, 5) is 24.9. The molecule has 7 nitrogen and oxygen atoms in total. The van der Waals surface area contributed by atoms with Gasteiger partial charge in [0.1, 0.15) is 0 Å². The van der Waals surface area contributed by atoms with Gasteiger partial charge in [-0.25, -0.2) is 9.48 Å². The zero-order valence-corrected chi connectivity index (χ0v) is 18.4. The second-order valence-electron chi connectivity index (χ2n) is 7.68. The molecule has 7 heteroatoms. The number of amides is 3. The summed E-state index contributed by atoms with van der Waals surface area (Å²) in [5.74, 6) is -0.246. The maximum atomic E-state index is 12.8. The normalized spacial score (nSPS) is 11.5. The summed E-state index contributed by atoms with van der Waals surface area (Å²) in [6, 6.07) is 27.5. The molecule has 1 aromatic heterocycles. The first-order valence-electron chi connectivity index (χ1n) is 10.7. The molecule has 1 unspecified atom stereocenters. The highest BCUT2D eigenvalue weighted by atomic mass is 16.2. The number of carbonyl (C=O) groups excluding carboxylic acids is 2. The Bertz CT molecular complexity index is 1230. The molecule has 4 aromatic rings. The van der Waals surface area contributed by atoms with Crippen LogP contribution in [0.5, 0.6) is 0 Å². The first kappa shape index (κ1) is 21.8. The lowest BCUT2D eigenvalue weighted by Crippen LogP contribution is -2.27. The minimum absolute atomic E-state index is 0.230. The summed E-state index contributed by atoms with van der Waals surface area (Å²) in [6.07, 6.45) is 0. The minimum atomic E-state index is -0.320. The molecule has 1 heterocycles. The second kappa shape index (κ2) is 9.82. The van der Waals surface area contributed by atoms with Crippen LogP contribution >= 0.6 is 0 Å². The zero-order chi connectivity index (χ0) is 23.2. The Hall–Kier alpha value is -4.39. The SMILES string of the molecule is Cc1cc(C(=O)NC(C)c2ccc(NC(=O)Nc3ccccc3)cc2)nn1-c1ccccc1. The van der Waals surface area contributed by atoms with Gasteiger partial charge >= 0.3 is 6.03 Å². The van der Waals surface area contributed by atoms with Gasteiger partial charge in [0.2, 0.25) is 0 Å². The van der Waals surface area contributed by atoms with E-state index in [1.54, 1.807) is 22.9 Å². The third-order valence-corrected chi connectivity index (χ3v) is 5.17. The van der Waals surface area contributed by atoms with Gasteiger partial charge < -0.3 is 16.0 Å². The van der Waals surface area contributed by atoms with Gasteiger partial charge in [-0.2, -0.15) is 5.10 Å². The number of benzene rings is 3. The molecule has 4 rings (SSSR count). The molecule has 0 saturated heterocycles. The molecule has 3 amide bonds. The Kier molecular flexibility index (Phi) is 6.50. The lowest BCUT2D eigenvalue weighted by Gasteiger charge is -2.14. The molecule has 1 atom stereocenters. The van der Waals surface area contributed by atoms with Crippen molar-refractivity contribution in [1.82, 2.24) is 15.1 Å². The number of aryl methyl sites for hydroxylation is 1. The highest BCUT2D eigenvalue weighted by Crippen LogP contribution is 2.18. The van der Waals surface area contributed by atoms with Crippen LogP contribution < -0.4 is 16.0 Å². The van der Waals surface area contributed by atoms with Crippen molar-refractivity contribution < 1.29 is 9.59 Å². The Morgan fingerprint density at radius 2 is 1.39 bits per heavy atom. The summed E-state index contributed by atoms with van der Waals surface area (Å²) in [6.45, 7) is 3.82. The molecular formula is C26H25N5O2. The molecule has 166 valence electrons. The standard InChI is InChI=1S/C26H25N5O2/c1-18-17-24(30-31(18)23-11-7-4-8-12-23)25(32)27-19(2)20-13-15-22(16-14-20)29-26(33)28-21-9-5-3-6-10-21/h3-17,19H,1-2H3,(H,27,32)(H2,28,29,33). The zero-order valence-electron chi connectivity index (χ0n) is 18.4. The summed E-state index contributed by atoms with van der Waals surface area (Å²) in [5, 5.41) is 13.0. The summed E-state index contributed by atoms with van der Waals surface area (Å²) < 4.78 is 1.75. The molecule has 33 heavy (non-hydrogen) atoms. The average Bonchev–Trinajstić information content (AvgIpc) is 3.22. The molecule has 0 aliphatic carbocycles. The second-order valence-corrected chi connectivity index (χ2v) is 7.68. The molecule has 0 spiro atoms. The van der Waals surface area contributed by atoms with Gasteiger partial charge in [0.05, 0.1) is 11.7 Å². The van der Waals surface area contributed by atoms with Crippen molar-refractivity contribution in [2.75, 3.05) is 10.6 Å². The van der Waals surface area contributed by atoms with E-state index in [1.165, 1.54) is 0 Å². The van der Waals surface area contributed by atoms with E-state index in [9.17, 15) is 9.59 Å². The smallest absolute Gasteiger partial charge is 0.323 e. The number of rotatable bonds is 6. The van der Waals surface area contributed by atoms with Crippen LogP contribution in [0.1, 0.15) is 34.7 Å². The fourth-order valence-corrected chi connectivity index (χ4v) is 3.44. The van der Waals surface area contributed by atoms with E-state index in [-0.39, 0.29) is 18.0 Å². The molecular weight excluding hydrogens is 414 g/mol. The van der Waals surface area contributed by atoms with E-state index < -0.39 is 0 Å². The van der Waals surface area contributed by atoms with Crippen molar-refractivity contribution in [2.45, 2.75) is 19.9 Å². The summed E-state index contributed by atoms with van der Waals surface area (Å²) in [7, 11) is 0. The number of anilines is 2. The first-order chi connectivity index (χ1) is 16.0. The topological polar surface area (TPSA) is 88.1 Å². The molecule has 0 aliphatic rings. The number of hydrogen-bond acceptors (Lipinski definition) is 3. The van der Waals surface area contributed by atoms with Crippen LogP contribution in [-0.2, 0) is 0 Å². The number of nitrogens with one attached hydrogen (secondary N) is 3. The third-order valence-electron chi connectivity index (χ3n) is 5.17. The van der Waals surface area contributed by atoms with Crippen molar-refractivity contribution in [3.05, 3.63) is 108 Å². The molecule has 0 radical (unpaired) electrons. The third kappa shape index (κ3) is 5.46. The van der Waals surface area contributed by atoms with Gasteiger partial charge in [-0.15, -0.1) is 0 Å². The number of urea groups is 1. The van der Waals surface area contributed by atoms with Crippen molar-refractivity contribution in [1.29, 1.82) is 0 Å². The number of carbonyl (C=O) groups is 2. The summed E-state index contributed by atoms with van der Waals surface area (Å²) >= 11 is 0. The average molecular weight is 440 g/mol. The fourth-order valence-electron chi connectivity index (χ4n) is 3.44. The van der Waals surface area contributed by atoms with E-state index in [0.29, 0.717) is 17.1 Å². The van der Waals surface area contributed by atoms with Gasteiger partial charge in [0, 0.05) is 17.1 Å².